The molecule has 0 radical (unpaired) electrons. The number of carbonyl (C=O) groups excluding carboxylic acids is 1. The van der Waals surface area contributed by atoms with Gasteiger partial charge in [0, 0.05) is 26.2 Å². The molecule has 1 fully saturated rings. The fraction of sp³-hybridized carbons (Fsp3) is 0.647. The maximum atomic E-state index is 14.4. The Morgan fingerprint density at radius 3 is 2.32 bits per heavy atom. The van der Waals surface area contributed by atoms with Gasteiger partial charge in [0.2, 0.25) is 0 Å². The van der Waals surface area contributed by atoms with Crippen LogP contribution in [0, 0.1) is 0 Å². The number of carbonyl (C=O) groups is 2. The molecule has 0 aromatic carbocycles. The molecule has 7 nitrogen and oxygen atoms in total. The van der Waals surface area contributed by atoms with Crippen molar-refractivity contribution in [3.8, 4) is 0 Å². The van der Waals surface area contributed by atoms with Crippen LogP contribution in [0.1, 0.15) is 20.8 Å². The molecule has 25 heavy (non-hydrogen) atoms. The van der Waals surface area contributed by atoms with Crippen molar-refractivity contribution in [2.45, 2.75) is 38.6 Å². The van der Waals surface area contributed by atoms with Gasteiger partial charge in [0.25, 0.3) is 0 Å². The highest BCUT2D eigenvalue weighted by molar-refractivity contribution is 5.92. The highest BCUT2D eigenvalue weighted by Crippen LogP contribution is 2.26. The number of aliphatic hydroxyl groups is 1. The van der Waals surface area contributed by atoms with Crippen LogP contribution < -0.4 is 0 Å². The molecule has 0 aromatic heterocycles. The molecule has 2 atom stereocenters. The maximum absolute atomic E-state index is 14.4. The monoisotopic (exact) mass is 356 g/mol. The van der Waals surface area contributed by atoms with Crippen LogP contribution in [0.2, 0.25) is 0 Å². The lowest BCUT2D eigenvalue weighted by Crippen LogP contribution is -2.54. The SMILES string of the molecule is CC(C)(C)OC(=O)N1CCN(C2C=C(CO)C(C(=O)O)=CC2F)CC1. The van der Waals surface area contributed by atoms with E-state index >= 15 is 0 Å². The fourth-order valence-electron chi connectivity index (χ4n) is 2.94. The molecule has 1 saturated heterocycles. The second kappa shape index (κ2) is 7.53. The topological polar surface area (TPSA) is 90.3 Å². The number of amides is 1. The van der Waals surface area contributed by atoms with E-state index in [0.29, 0.717) is 26.2 Å². The number of nitrogens with zero attached hydrogens (tertiary/aromatic N) is 2. The number of aliphatic carboxylic acids is 1. The molecular weight excluding hydrogens is 331 g/mol. The second-order valence-electron chi connectivity index (χ2n) is 7.17. The normalized spacial score (nSPS) is 25.2. The van der Waals surface area contributed by atoms with Crippen LogP contribution in [0.25, 0.3) is 0 Å². The van der Waals surface area contributed by atoms with E-state index in [1.807, 2.05) is 4.90 Å². The predicted octanol–water partition coefficient (Wildman–Crippen LogP) is 1.19. The van der Waals surface area contributed by atoms with Gasteiger partial charge in [-0.1, -0.05) is 6.08 Å². The molecule has 140 valence electrons. The predicted molar refractivity (Wildman–Crippen MR) is 89.0 cm³/mol. The Bertz CT molecular complexity index is 588. The number of hydrogen-bond acceptors (Lipinski definition) is 5. The molecule has 1 aliphatic heterocycles. The third-order valence-corrected chi connectivity index (χ3v) is 4.16. The van der Waals surface area contributed by atoms with E-state index in [1.165, 1.54) is 6.08 Å². The second-order valence-corrected chi connectivity index (χ2v) is 7.17. The number of aliphatic hydroxyl groups excluding tert-OH is 1. The Morgan fingerprint density at radius 2 is 1.84 bits per heavy atom. The molecule has 2 rings (SSSR count). The van der Waals surface area contributed by atoms with Crippen LogP contribution in [-0.2, 0) is 9.53 Å². The van der Waals surface area contributed by atoms with Crippen molar-refractivity contribution in [3.63, 3.8) is 0 Å². The maximum Gasteiger partial charge on any atom is 0.410 e. The van der Waals surface area contributed by atoms with Crippen LogP contribution >= 0.6 is 0 Å². The molecule has 1 heterocycles. The van der Waals surface area contributed by atoms with E-state index in [4.69, 9.17) is 9.84 Å². The van der Waals surface area contributed by atoms with Gasteiger partial charge in [0.1, 0.15) is 11.8 Å². The summed E-state index contributed by atoms with van der Waals surface area (Å²) in [4.78, 5) is 26.6. The minimum absolute atomic E-state index is 0.196. The Balaban J connectivity index is 2.00. The first kappa shape index (κ1) is 19.4. The number of rotatable bonds is 3. The molecule has 1 amide bonds. The molecule has 1 aliphatic carbocycles. The van der Waals surface area contributed by atoms with Crippen molar-refractivity contribution in [1.82, 2.24) is 9.80 Å². The number of carboxylic acids is 1. The highest BCUT2D eigenvalue weighted by Gasteiger charge is 2.34. The quantitative estimate of drug-likeness (QED) is 0.789. The van der Waals surface area contributed by atoms with Crippen LogP contribution in [0.3, 0.4) is 0 Å². The molecule has 2 N–H and O–H groups in total. The fourth-order valence-corrected chi connectivity index (χ4v) is 2.94. The van der Waals surface area contributed by atoms with Crippen LogP contribution in [0.15, 0.2) is 23.3 Å². The molecule has 8 heteroatoms. The lowest BCUT2D eigenvalue weighted by Gasteiger charge is -2.40. The summed E-state index contributed by atoms with van der Waals surface area (Å²) >= 11 is 0. The van der Waals surface area contributed by atoms with Crippen molar-refractivity contribution in [3.05, 3.63) is 23.3 Å². The molecule has 0 spiro atoms. The van der Waals surface area contributed by atoms with Gasteiger partial charge in [-0.15, -0.1) is 0 Å². The van der Waals surface area contributed by atoms with E-state index in [9.17, 15) is 19.1 Å². The summed E-state index contributed by atoms with van der Waals surface area (Å²) in [6, 6.07) is -0.647. The lowest BCUT2D eigenvalue weighted by molar-refractivity contribution is -0.132. The van der Waals surface area contributed by atoms with E-state index < -0.39 is 36.5 Å². The Hall–Kier alpha value is -1.93. The zero-order chi connectivity index (χ0) is 18.8. The first-order valence-corrected chi connectivity index (χ1v) is 8.25. The van der Waals surface area contributed by atoms with Gasteiger partial charge in [-0.2, -0.15) is 0 Å². The lowest BCUT2D eigenvalue weighted by atomic mass is 9.92. The Morgan fingerprint density at radius 1 is 1.24 bits per heavy atom. The minimum atomic E-state index is -1.48. The first-order chi connectivity index (χ1) is 11.6. The average molecular weight is 356 g/mol. The smallest absolute Gasteiger partial charge is 0.410 e. The van der Waals surface area contributed by atoms with Crippen molar-refractivity contribution >= 4 is 12.1 Å². The van der Waals surface area contributed by atoms with Gasteiger partial charge in [-0.25, -0.2) is 14.0 Å². The van der Waals surface area contributed by atoms with E-state index in [-0.39, 0.29) is 11.1 Å². The molecule has 2 aliphatic rings. The highest BCUT2D eigenvalue weighted by atomic mass is 19.1. The number of alkyl halides is 1. The molecular formula is C17H25FN2O5. The van der Waals surface area contributed by atoms with Crippen molar-refractivity contribution in [1.29, 1.82) is 0 Å². The molecule has 0 saturated carbocycles. The largest absolute Gasteiger partial charge is 0.478 e. The molecule has 0 bridgehead atoms. The zero-order valence-corrected chi connectivity index (χ0v) is 14.7. The number of ether oxygens (including phenoxy) is 1. The van der Waals surface area contributed by atoms with E-state index in [1.54, 1.807) is 25.7 Å². The van der Waals surface area contributed by atoms with Crippen molar-refractivity contribution < 1.29 is 28.9 Å². The summed E-state index contributed by atoms with van der Waals surface area (Å²) in [5.74, 6) is -1.25. The van der Waals surface area contributed by atoms with Gasteiger partial charge in [-0.05, 0) is 32.4 Å². The summed E-state index contributed by atoms with van der Waals surface area (Å²) in [5, 5.41) is 18.4. The third kappa shape index (κ3) is 4.79. The third-order valence-electron chi connectivity index (χ3n) is 4.16. The number of carboxylic acid groups (broad SMARTS) is 1. The standard InChI is InChI=1S/C17H25FN2O5/c1-17(2,3)25-16(24)20-6-4-19(5-7-20)14-8-11(10-21)12(15(22)23)9-13(14)18/h8-9,13-14,21H,4-7,10H2,1-3H3,(H,22,23). The number of halogens is 1. The van der Waals surface area contributed by atoms with Gasteiger partial charge in [-0.3, -0.25) is 4.90 Å². The van der Waals surface area contributed by atoms with Crippen molar-refractivity contribution in [2.75, 3.05) is 32.8 Å². The van der Waals surface area contributed by atoms with Crippen LogP contribution in [0.4, 0.5) is 9.18 Å². The van der Waals surface area contributed by atoms with Crippen LogP contribution in [-0.4, -0.2) is 82.7 Å². The first-order valence-electron chi connectivity index (χ1n) is 8.25. The minimum Gasteiger partial charge on any atom is -0.478 e. The Kier molecular flexibility index (Phi) is 5.84. The van der Waals surface area contributed by atoms with E-state index in [0.717, 1.165) is 6.08 Å². The summed E-state index contributed by atoms with van der Waals surface area (Å²) < 4.78 is 19.7. The van der Waals surface area contributed by atoms with E-state index in [2.05, 4.69) is 0 Å². The Labute approximate surface area is 146 Å². The van der Waals surface area contributed by atoms with Gasteiger partial charge in [0.05, 0.1) is 18.2 Å². The summed E-state index contributed by atoms with van der Waals surface area (Å²) in [6.45, 7) is 6.61. The van der Waals surface area contributed by atoms with Crippen LogP contribution in [0.5, 0.6) is 0 Å². The number of piperazine rings is 1. The number of hydrogen-bond donors (Lipinski definition) is 2. The summed E-state index contributed by atoms with van der Waals surface area (Å²) in [6.07, 6.45) is 0.637. The summed E-state index contributed by atoms with van der Waals surface area (Å²) in [7, 11) is 0. The van der Waals surface area contributed by atoms with Crippen molar-refractivity contribution in [2.24, 2.45) is 0 Å². The molecule has 0 aromatic rings. The van der Waals surface area contributed by atoms with Gasteiger partial charge < -0.3 is 19.8 Å². The van der Waals surface area contributed by atoms with Gasteiger partial charge in [0.15, 0.2) is 0 Å². The zero-order valence-electron chi connectivity index (χ0n) is 14.7. The molecule has 2 unspecified atom stereocenters. The average Bonchev–Trinajstić information content (AvgIpc) is 2.53. The van der Waals surface area contributed by atoms with Gasteiger partial charge >= 0.3 is 12.1 Å². The summed E-state index contributed by atoms with van der Waals surface area (Å²) in [5.41, 5.74) is -0.557.